The number of halogens is 3. The Morgan fingerprint density at radius 1 is 1.47 bits per heavy atom. The minimum absolute atomic E-state index is 0.192. The van der Waals surface area contributed by atoms with Crippen molar-refractivity contribution in [3.05, 3.63) is 34.6 Å². The summed E-state index contributed by atoms with van der Waals surface area (Å²) in [5.41, 5.74) is 0.976. The maximum atomic E-state index is 13.3. The van der Waals surface area contributed by atoms with Crippen molar-refractivity contribution in [1.82, 2.24) is 4.90 Å². The molecule has 0 N–H and O–H groups in total. The zero-order chi connectivity index (χ0) is 12.4. The zero-order valence-corrected chi connectivity index (χ0v) is 12.1. The molecule has 0 radical (unpaired) electrons. The molecule has 0 spiro atoms. The van der Waals surface area contributed by atoms with Crippen molar-refractivity contribution in [2.45, 2.75) is 24.2 Å². The van der Waals surface area contributed by atoms with E-state index in [0.717, 1.165) is 24.6 Å². The van der Waals surface area contributed by atoms with Crippen LogP contribution in [-0.4, -0.2) is 23.3 Å². The number of alkyl halides is 1. The van der Waals surface area contributed by atoms with Crippen molar-refractivity contribution < 1.29 is 4.39 Å². The lowest BCUT2D eigenvalue weighted by Crippen LogP contribution is -2.34. The lowest BCUT2D eigenvalue weighted by molar-refractivity contribution is 0.208. The van der Waals surface area contributed by atoms with Crippen LogP contribution < -0.4 is 0 Å². The van der Waals surface area contributed by atoms with Crippen LogP contribution in [0.2, 0.25) is 5.02 Å². The van der Waals surface area contributed by atoms with Crippen LogP contribution in [0.15, 0.2) is 18.2 Å². The second kappa shape index (κ2) is 5.68. The Hall–Kier alpha value is -0.120. The third-order valence-corrected chi connectivity index (χ3v) is 4.24. The molecule has 1 nitrogen and oxygen atoms in total. The van der Waals surface area contributed by atoms with Gasteiger partial charge >= 0.3 is 0 Å². The van der Waals surface area contributed by atoms with Crippen LogP contribution in [0.4, 0.5) is 4.39 Å². The molecule has 0 bridgehead atoms. The summed E-state index contributed by atoms with van der Waals surface area (Å²) >= 11 is 9.25. The predicted octanol–water partition coefficient (Wildman–Crippen LogP) is 4.08. The Kier molecular flexibility index (Phi) is 4.45. The topological polar surface area (TPSA) is 3.24 Å². The van der Waals surface area contributed by atoms with Crippen molar-refractivity contribution >= 4 is 27.5 Å². The van der Waals surface area contributed by atoms with Gasteiger partial charge in [-0.3, -0.25) is 0 Å². The van der Waals surface area contributed by atoms with E-state index in [2.05, 4.69) is 27.9 Å². The molecule has 0 amide bonds. The van der Waals surface area contributed by atoms with Gasteiger partial charge in [0, 0.05) is 17.9 Å². The summed E-state index contributed by atoms with van der Waals surface area (Å²) in [6.07, 6.45) is 2.50. The molecule has 1 aromatic carbocycles. The van der Waals surface area contributed by atoms with Gasteiger partial charge in [0.25, 0.3) is 0 Å². The van der Waals surface area contributed by atoms with Crippen LogP contribution in [0.5, 0.6) is 0 Å². The van der Waals surface area contributed by atoms with Gasteiger partial charge in [-0.05, 0) is 43.5 Å². The number of rotatable bonds is 4. The molecule has 17 heavy (non-hydrogen) atoms. The Morgan fingerprint density at radius 2 is 2.18 bits per heavy atom. The molecular weight excluding hydrogens is 305 g/mol. The van der Waals surface area contributed by atoms with E-state index in [-0.39, 0.29) is 10.8 Å². The number of hydrogen-bond donors (Lipinski definition) is 0. The van der Waals surface area contributed by atoms with Gasteiger partial charge in [0.2, 0.25) is 0 Å². The lowest BCUT2D eigenvalue weighted by Gasteiger charge is -2.34. The van der Waals surface area contributed by atoms with Gasteiger partial charge in [-0.25, -0.2) is 4.39 Å². The van der Waals surface area contributed by atoms with Gasteiger partial charge in [0.05, 0.1) is 5.02 Å². The van der Waals surface area contributed by atoms with Crippen molar-refractivity contribution in [1.29, 1.82) is 0 Å². The Morgan fingerprint density at radius 3 is 2.76 bits per heavy atom. The lowest BCUT2D eigenvalue weighted by atomic mass is 9.85. The number of nitrogens with zero attached hydrogens (tertiary/aromatic N) is 1. The summed E-state index contributed by atoms with van der Waals surface area (Å²) in [4.78, 5) is 2.94. The van der Waals surface area contributed by atoms with Crippen LogP contribution in [0.1, 0.15) is 18.4 Å². The fourth-order valence-electron chi connectivity index (χ4n) is 2.26. The first kappa shape index (κ1) is 13.3. The molecule has 1 aliphatic carbocycles. The molecule has 1 fully saturated rings. The van der Waals surface area contributed by atoms with Crippen LogP contribution in [0.25, 0.3) is 0 Å². The molecular formula is C13H16BrClFN. The van der Waals surface area contributed by atoms with E-state index in [4.69, 9.17) is 11.6 Å². The minimum atomic E-state index is -0.332. The van der Waals surface area contributed by atoms with Crippen LogP contribution >= 0.6 is 27.5 Å². The van der Waals surface area contributed by atoms with Gasteiger partial charge in [-0.15, -0.1) is 0 Å². The molecule has 0 unspecified atom stereocenters. The Bertz CT molecular complexity index is 393. The SMILES string of the molecule is CN(Cc1ccc(Cl)c(F)c1)CC1CC(Br)C1. The molecule has 0 heterocycles. The second-order valence-electron chi connectivity index (χ2n) is 4.88. The first-order valence-corrected chi connectivity index (χ1v) is 7.10. The van der Waals surface area contributed by atoms with E-state index in [0.29, 0.717) is 4.83 Å². The highest BCUT2D eigenvalue weighted by atomic mass is 79.9. The Balaban J connectivity index is 1.85. The molecule has 1 aromatic rings. The van der Waals surface area contributed by atoms with Gasteiger partial charge in [0.1, 0.15) is 5.82 Å². The fraction of sp³-hybridized carbons (Fsp3) is 0.538. The molecule has 4 heteroatoms. The van der Waals surface area contributed by atoms with E-state index >= 15 is 0 Å². The maximum Gasteiger partial charge on any atom is 0.142 e. The summed E-state index contributed by atoms with van der Waals surface area (Å²) in [6.45, 7) is 1.85. The molecule has 2 rings (SSSR count). The normalized spacial score (nSPS) is 23.8. The van der Waals surface area contributed by atoms with Gasteiger partial charge in [-0.1, -0.05) is 33.6 Å². The van der Waals surface area contributed by atoms with Gasteiger partial charge < -0.3 is 4.90 Å². The van der Waals surface area contributed by atoms with E-state index in [1.165, 1.54) is 18.9 Å². The highest BCUT2D eigenvalue weighted by molar-refractivity contribution is 9.09. The smallest absolute Gasteiger partial charge is 0.142 e. The van der Waals surface area contributed by atoms with Crippen LogP contribution in [0, 0.1) is 11.7 Å². The predicted molar refractivity (Wildman–Crippen MR) is 73.2 cm³/mol. The monoisotopic (exact) mass is 319 g/mol. The Labute approximate surface area is 115 Å². The summed E-state index contributed by atoms with van der Waals surface area (Å²) in [5.74, 6) is 0.447. The third-order valence-electron chi connectivity index (χ3n) is 3.18. The van der Waals surface area contributed by atoms with Crippen LogP contribution in [0.3, 0.4) is 0 Å². The molecule has 0 aromatic heterocycles. The van der Waals surface area contributed by atoms with Gasteiger partial charge in [0.15, 0.2) is 0 Å². The first-order valence-electron chi connectivity index (χ1n) is 5.81. The van der Waals surface area contributed by atoms with Crippen molar-refractivity contribution in [3.63, 3.8) is 0 Å². The minimum Gasteiger partial charge on any atom is -0.302 e. The van der Waals surface area contributed by atoms with E-state index < -0.39 is 0 Å². The highest BCUT2D eigenvalue weighted by Gasteiger charge is 2.27. The fourth-order valence-corrected chi connectivity index (χ4v) is 3.43. The second-order valence-corrected chi connectivity index (χ2v) is 6.58. The van der Waals surface area contributed by atoms with Crippen molar-refractivity contribution in [3.8, 4) is 0 Å². The van der Waals surface area contributed by atoms with Crippen molar-refractivity contribution in [2.75, 3.05) is 13.6 Å². The average molecular weight is 321 g/mol. The van der Waals surface area contributed by atoms with E-state index in [9.17, 15) is 4.39 Å². The maximum absolute atomic E-state index is 13.3. The van der Waals surface area contributed by atoms with E-state index in [1.807, 2.05) is 6.07 Å². The molecule has 1 aliphatic rings. The summed E-state index contributed by atoms with van der Waals surface area (Å²) in [6, 6.07) is 5.03. The molecule has 0 aliphatic heterocycles. The molecule has 0 atom stereocenters. The molecule has 1 saturated carbocycles. The largest absolute Gasteiger partial charge is 0.302 e. The summed E-state index contributed by atoms with van der Waals surface area (Å²) in [5, 5.41) is 0.192. The van der Waals surface area contributed by atoms with Gasteiger partial charge in [-0.2, -0.15) is 0 Å². The highest BCUT2D eigenvalue weighted by Crippen LogP contribution is 2.33. The quantitative estimate of drug-likeness (QED) is 0.756. The standard InChI is InChI=1S/C13H16BrClFN/c1-17(8-10-4-11(14)5-10)7-9-2-3-12(15)13(16)6-9/h2-3,6,10-11H,4-5,7-8H2,1H3. The molecule has 94 valence electrons. The molecule has 0 saturated heterocycles. The third kappa shape index (κ3) is 3.67. The summed E-state index contributed by atoms with van der Waals surface area (Å²) in [7, 11) is 2.08. The number of benzene rings is 1. The van der Waals surface area contributed by atoms with Crippen molar-refractivity contribution in [2.24, 2.45) is 5.92 Å². The summed E-state index contributed by atoms with van der Waals surface area (Å²) < 4.78 is 13.3. The van der Waals surface area contributed by atoms with E-state index in [1.54, 1.807) is 6.07 Å². The average Bonchev–Trinajstić information content (AvgIpc) is 2.21. The van der Waals surface area contributed by atoms with Crippen LogP contribution in [-0.2, 0) is 6.54 Å². The zero-order valence-electron chi connectivity index (χ0n) is 9.80. The number of hydrogen-bond acceptors (Lipinski definition) is 1. The first-order chi connectivity index (χ1) is 8.04.